The third-order valence-corrected chi connectivity index (χ3v) is 14.5. The van der Waals surface area contributed by atoms with E-state index in [1.807, 2.05) is 11.3 Å². The van der Waals surface area contributed by atoms with E-state index in [0.29, 0.717) is 0 Å². The highest BCUT2D eigenvalue weighted by molar-refractivity contribution is 7.25. The van der Waals surface area contributed by atoms with Crippen LogP contribution in [0.5, 0.6) is 0 Å². The van der Waals surface area contributed by atoms with Crippen molar-refractivity contribution in [2.45, 2.75) is 5.41 Å². The van der Waals surface area contributed by atoms with E-state index in [9.17, 15) is 0 Å². The van der Waals surface area contributed by atoms with Crippen LogP contribution >= 0.6 is 11.3 Å². The van der Waals surface area contributed by atoms with Gasteiger partial charge in [0.2, 0.25) is 0 Å². The van der Waals surface area contributed by atoms with Crippen molar-refractivity contribution in [1.29, 1.82) is 0 Å². The maximum Gasteiger partial charge on any atom is 0.0725 e. The van der Waals surface area contributed by atoms with Crippen molar-refractivity contribution in [3.63, 3.8) is 0 Å². The maximum atomic E-state index is 2.43. The second kappa shape index (κ2) is 13.2. The molecule has 0 fully saturated rings. The summed E-state index contributed by atoms with van der Waals surface area (Å²) < 4.78 is 2.62. The molecule has 2 aliphatic carbocycles. The largest absolute Gasteiger partial charge is 0.310 e. The number of fused-ring (bicyclic) bond motifs is 14. The van der Waals surface area contributed by atoms with Crippen LogP contribution in [0.2, 0.25) is 0 Å². The van der Waals surface area contributed by atoms with E-state index in [0.717, 1.165) is 17.1 Å². The van der Waals surface area contributed by atoms with E-state index in [1.165, 1.54) is 97.7 Å². The van der Waals surface area contributed by atoms with Gasteiger partial charge >= 0.3 is 0 Å². The number of hydrogen-bond acceptors (Lipinski definition) is 2. The molecule has 1 spiro atoms. The zero-order valence-corrected chi connectivity index (χ0v) is 34.0. The molecule has 61 heavy (non-hydrogen) atoms. The molecule has 2 aliphatic rings. The van der Waals surface area contributed by atoms with Crippen LogP contribution in [-0.4, -0.2) is 0 Å². The third-order valence-electron chi connectivity index (χ3n) is 13.3. The number of thiophene rings is 1. The van der Waals surface area contributed by atoms with Gasteiger partial charge in [0, 0.05) is 36.9 Å². The molecule has 0 N–H and O–H groups in total. The fourth-order valence-electron chi connectivity index (χ4n) is 10.8. The lowest BCUT2D eigenvalue weighted by Gasteiger charge is -2.30. The molecule has 2 heteroatoms. The average Bonchev–Trinajstić information content (AvgIpc) is 3.96. The van der Waals surface area contributed by atoms with Crippen LogP contribution in [0.1, 0.15) is 22.3 Å². The first-order chi connectivity index (χ1) is 30.3. The summed E-state index contributed by atoms with van der Waals surface area (Å²) in [7, 11) is 0. The van der Waals surface area contributed by atoms with Crippen LogP contribution in [0.25, 0.3) is 75.5 Å². The second-order valence-corrected chi connectivity index (χ2v) is 17.4. The van der Waals surface area contributed by atoms with Crippen molar-refractivity contribution >= 4 is 59.3 Å². The predicted octanol–water partition coefficient (Wildman–Crippen LogP) is 16.4. The Morgan fingerprint density at radius 3 is 1.62 bits per heavy atom. The zero-order valence-electron chi connectivity index (χ0n) is 33.2. The van der Waals surface area contributed by atoms with Gasteiger partial charge in [0.15, 0.2) is 0 Å². The summed E-state index contributed by atoms with van der Waals surface area (Å²) in [6.45, 7) is 0. The Kier molecular flexibility index (Phi) is 7.46. The maximum absolute atomic E-state index is 2.43. The lowest BCUT2D eigenvalue weighted by atomic mass is 9.70. The van der Waals surface area contributed by atoms with E-state index in [4.69, 9.17) is 0 Å². The average molecular weight is 792 g/mol. The standard InChI is InChI=1S/C59H37NS/c1-2-18-43-38(15-1)16-13-29-55(43)60(41-35-36-57-50(37-41)47-22-8-12-30-56(47)61-57)40-33-31-39(32-34-40)42-17-3-4-19-44(42)48-24-14-28-54-58(48)49-23-7-11-27-53(49)59(54)51-25-9-5-20-45(51)46-21-6-10-26-52(46)59/h1-37H. The van der Waals surface area contributed by atoms with Crippen LogP contribution in [0, 0.1) is 0 Å². The first kappa shape index (κ1) is 34.4. The Hall–Kier alpha value is -7.52. The summed E-state index contributed by atoms with van der Waals surface area (Å²) in [5.41, 5.74) is 18.7. The molecule has 0 amide bonds. The Morgan fingerprint density at radius 1 is 0.328 bits per heavy atom. The lowest BCUT2D eigenvalue weighted by Crippen LogP contribution is -2.25. The summed E-state index contributed by atoms with van der Waals surface area (Å²) >= 11 is 1.86. The van der Waals surface area contributed by atoms with E-state index < -0.39 is 0 Å². The molecule has 11 aromatic rings. The zero-order chi connectivity index (χ0) is 40.1. The summed E-state index contributed by atoms with van der Waals surface area (Å²) in [5.74, 6) is 0. The molecule has 284 valence electrons. The fraction of sp³-hybridized carbons (Fsp3) is 0.0169. The highest BCUT2D eigenvalue weighted by atomic mass is 32.1. The highest BCUT2D eigenvalue weighted by Gasteiger charge is 2.52. The topological polar surface area (TPSA) is 3.24 Å². The normalized spacial score (nSPS) is 13.0. The smallest absolute Gasteiger partial charge is 0.0725 e. The van der Waals surface area contributed by atoms with Crippen LogP contribution in [-0.2, 0) is 5.41 Å². The number of rotatable bonds is 5. The minimum Gasteiger partial charge on any atom is -0.310 e. The van der Waals surface area contributed by atoms with Gasteiger partial charge in [0.1, 0.15) is 0 Å². The molecule has 0 bridgehead atoms. The molecule has 0 unspecified atom stereocenters. The van der Waals surface area contributed by atoms with Crippen LogP contribution in [0.4, 0.5) is 17.1 Å². The molecule has 0 radical (unpaired) electrons. The Labute approximate surface area is 359 Å². The molecule has 0 saturated heterocycles. The third kappa shape index (κ3) is 4.88. The summed E-state index contributed by atoms with van der Waals surface area (Å²) in [4.78, 5) is 2.43. The van der Waals surface area contributed by atoms with Crippen molar-refractivity contribution in [2.24, 2.45) is 0 Å². The second-order valence-electron chi connectivity index (χ2n) is 16.3. The Morgan fingerprint density at radius 2 is 0.852 bits per heavy atom. The molecule has 0 saturated carbocycles. The van der Waals surface area contributed by atoms with Gasteiger partial charge in [-0.3, -0.25) is 0 Å². The molecule has 10 aromatic carbocycles. The highest BCUT2D eigenvalue weighted by Crippen LogP contribution is 2.64. The van der Waals surface area contributed by atoms with Crippen molar-refractivity contribution in [2.75, 3.05) is 4.90 Å². The lowest BCUT2D eigenvalue weighted by molar-refractivity contribution is 0.794. The predicted molar refractivity (Wildman–Crippen MR) is 259 cm³/mol. The number of benzene rings is 10. The Bertz CT molecular complexity index is 3500. The molecular formula is C59H37NS. The molecule has 1 heterocycles. The van der Waals surface area contributed by atoms with E-state index in [1.54, 1.807) is 0 Å². The molecule has 0 atom stereocenters. The van der Waals surface area contributed by atoms with Crippen LogP contribution in [0.3, 0.4) is 0 Å². The van der Waals surface area contributed by atoms with Crippen molar-refractivity contribution in [3.8, 4) is 44.5 Å². The molecule has 1 nitrogen and oxygen atoms in total. The number of nitrogens with zero attached hydrogens (tertiary/aromatic N) is 1. The van der Waals surface area contributed by atoms with Gasteiger partial charge < -0.3 is 4.90 Å². The summed E-state index contributed by atoms with van der Waals surface area (Å²) in [5, 5.41) is 5.04. The Balaban J connectivity index is 0.976. The minimum atomic E-state index is -0.380. The van der Waals surface area contributed by atoms with E-state index >= 15 is 0 Å². The molecule has 1 aromatic heterocycles. The van der Waals surface area contributed by atoms with Gasteiger partial charge in [0.25, 0.3) is 0 Å². The quantitative estimate of drug-likeness (QED) is 0.168. The van der Waals surface area contributed by atoms with Gasteiger partial charge in [-0.25, -0.2) is 0 Å². The first-order valence-corrected chi connectivity index (χ1v) is 21.9. The monoisotopic (exact) mass is 791 g/mol. The van der Waals surface area contributed by atoms with Crippen LogP contribution < -0.4 is 4.90 Å². The number of anilines is 3. The first-order valence-electron chi connectivity index (χ1n) is 21.1. The van der Waals surface area contributed by atoms with E-state index in [2.05, 4.69) is 229 Å². The van der Waals surface area contributed by atoms with Gasteiger partial charge in [-0.15, -0.1) is 11.3 Å². The molecule has 13 rings (SSSR count). The van der Waals surface area contributed by atoms with Gasteiger partial charge in [0.05, 0.1) is 11.1 Å². The van der Waals surface area contributed by atoms with Gasteiger partial charge in [-0.05, 0) is 115 Å². The van der Waals surface area contributed by atoms with Crippen molar-refractivity contribution < 1.29 is 0 Å². The van der Waals surface area contributed by atoms with Crippen LogP contribution in [0.15, 0.2) is 224 Å². The number of hydrogen-bond donors (Lipinski definition) is 0. The van der Waals surface area contributed by atoms with Gasteiger partial charge in [-0.2, -0.15) is 0 Å². The molecular weight excluding hydrogens is 755 g/mol. The SMILES string of the molecule is c1ccc(-c2cccc3c2-c2ccccc2C32c3ccccc3-c3ccccc32)c(-c2ccc(N(c3ccc4sc5ccccc5c4c3)c3cccc4ccccc34)cc2)c1. The van der Waals surface area contributed by atoms with Crippen molar-refractivity contribution in [1.82, 2.24) is 0 Å². The van der Waals surface area contributed by atoms with E-state index in [-0.39, 0.29) is 5.41 Å². The fourth-order valence-corrected chi connectivity index (χ4v) is 11.9. The molecule has 0 aliphatic heterocycles. The van der Waals surface area contributed by atoms with Gasteiger partial charge in [-0.1, -0.05) is 182 Å². The minimum absolute atomic E-state index is 0.380. The van der Waals surface area contributed by atoms with Crippen molar-refractivity contribution in [3.05, 3.63) is 247 Å². The summed E-state index contributed by atoms with van der Waals surface area (Å²) in [6, 6.07) is 83.5. The summed E-state index contributed by atoms with van der Waals surface area (Å²) in [6.07, 6.45) is 0.